The first-order valence-corrected chi connectivity index (χ1v) is 4.94. The normalized spacial score (nSPS) is 10.1. The van der Waals surface area contributed by atoms with Crippen molar-refractivity contribution in [2.45, 2.75) is 33.6 Å². The van der Waals surface area contributed by atoms with Gasteiger partial charge in [-0.15, -0.1) is 0 Å². The number of nitrogens with zero attached hydrogens (tertiary/aromatic N) is 1. The van der Waals surface area contributed by atoms with Crippen LogP contribution in [0.3, 0.4) is 0 Å². The Hall–Kier alpha value is -1.31. The summed E-state index contributed by atoms with van der Waals surface area (Å²) in [5, 5.41) is 0. The molecule has 0 aromatic carbocycles. The molecule has 0 saturated heterocycles. The zero-order chi connectivity index (χ0) is 10.6. The molecule has 0 radical (unpaired) electrons. The van der Waals surface area contributed by atoms with Gasteiger partial charge in [-0.3, -0.25) is 0 Å². The van der Waals surface area contributed by atoms with Crippen LogP contribution in [0.5, 0.6) is 0 Å². The third kappa shape index (κ3) is 2.87. The lowest BCUT2D eigenvalue weighted by molar-refractivity contribution is 0.859. The fourth-order valence-corrected chi connectivity index (χ4v) is 1.16. The summed E-state index contributed by atoms with van der Waals surface area (Å²) in [6.45, 7) is 8.57. The molecule has 1 heterocycles. The van der Waals surface area contributed by atoms with Crippen LogP contribution in [0, 0.1) is 13.8 Å². The van der Waals surface area contributed by atoms with Crippen LogP contribution in [0.15, 0.2) is 24.8 Å². The number of aryl methyl sites for hydroxylation is 2. The lowest BCUT2D eigenvalue weighted by atomic mass is 10.0. The van der Waals surface area contributed by atoms with Gasteiger partial charge in [-0.05, 0) is 36.5 Å². The highest BCUT2D eigenvalue weighted by atomic mass is 14.8. The molecule has 0 aliphatic heterocycles. The average molecular weight is 190 g/mol. The summed E-state index contributed by atoms with van der Waals surface area (Å²) in [7, 11) is 0. The van der Waals surface area contributed by atoms with Gasteiger partial charge in [0.05, 0.1) is 6.33 Å². The number of aromatic nitrogens is 2. The Bertz CT molecular complexity index is 349. The molecule has 1 aromatic rings. The van der Waals surface area contributed by atoms with E-state index in [0.29, 0.717) is 5.92 Å². The fourth-order valence-electron chi connectivity index (χ4n) is 1.16. The molecule has 2 nitrogen and oxygen atoms in total. The molecule has 0 unspecified atom stereocenters. The maximum atomic E-state index is 4.18. The van der Waals surface area contributed by atoms with Crippen molar-refractivity contribution in [1.29, 1.82) is 0 Å². The van der Waals surface area contributed by atoms with Gasteiger partial charge in [-0.2, -0.15) is 0 Å². The minimum Gasteiger partial charge on any atom is -0.352 e. The summed E-state index contributed by atoms with van der Waals surface area (Å²) in [6.07, 6.45) is 5.58. The van der Waals surface area contributed by atoms with Crippen molar-refractivity contribution in [3.05, 3.63) is 41.5 Å². The van der Waals surface area contributed by atoms with Gasteiger partial charge in [0.15, 0.2) is 0 Å². The molecule has 0 spiro atoms. The highest BCUT2D eigenvalue weighted by Crippen LogP contribution is 2.13. The Morgan fingerprint density at radius 1 is 1.21 bits per heavy atom. The molecule has 0 fully saturated rings. The van der Waals surface area contributed by atoms with Crippen molar-refractivity contribution in [3.63, 3.8) is 0 Å². The molecule has 14 heavy (non-hydrogen) atoms. The maximum Gasteiger partial charge on any atom is 0.0918 e. The van der Waals surface area contributed by atoms with E-state index in [1.54, 1.807) is 6.33 Å². The van der Waals surface area contributed by atoms with Gasteiger partial charge in [-0.25, -0.2) is 4.98 Å². The fraction of sp³-hybridized carbons (Fsp3) is 0.417. The first-order chi connectivity index (χ1) is 6.61. The first-order valence-electron chi connectivity index (χ1n) is 4.94. The van der Waals surface area contributed by atoms with Crippen molar-refractivity contribution in [2.24, 2.45) is 0 Å². The monoisotopic (exact) mass is 190 g/mol. The minimum atomic E-state index is 0.507. The Kier molecular flexibility index (Phi) is 3.69. The lowest BCUT2D eigenvalue weighted by Crippen LogP contribution is -1.86. The van der Waals surface area contributed by atoms with Crippen LogP contribution in [0.4, 0.5) is 0 Å². The number of H-pyrrole nitrogens is 1. The molecule has 0 amide bonds. The van der Waals surface area contributed by atoms with E-state index in [2.05, 4.69) is 43.7 Å². The molecule has 0 bridgehead atoms. The first kappa shape index (κ1) is 10.8. The van der Waals surface area contributed by atoms with Crippen LogP contribution >= 0.6 is 0 Å². The van der Waals surface area contributed by atoms with Crippen molar-refractivity contribution >= 4 is 0 Å². The second-order valence-corrected chi connectivity index (χ2v) is 3.88. The van der Waals surface area contributed by atoms with Crippen LogP contribution < -0.4 is 0 Å². The van der Waals surface area contributed by atoms with E-state index < -0.39 is 0 Å². The highest BCUT2D eigenvalue weighted by Gasteiger charge is 1.97. The van der Waals surface area contributed by atoms with Gasteiger partial charge in [0.1, 0.15) is 0 Å². The van der Waals surface area contributed by atoms with Crippen molar-refractivity contribution < 1.29 is 0 Å². The molecular weight excluding hydrogens is 172 g/mol. The summed E-state index contributed by atoms with van der Waals surface area (Å²) in [6, 6.07) is 2.20. The standard InChI is InChI=1S/C12H18N2/c1-9(2)12-5-10(3)11(4)6-13-8-14-7-12/h5-9H,1-4H3,(H,13,14). The SMILES string of the molecule is Cc1c[nH]cncc(C(C)C)cc1C. The molecular formula is C12H18N2. The number of hydrogen-bond donors (Lipinski definition) is 1. The van der Waals surface area contributed by atoms with Crippen LogP contribution in [0.2, 0.25) is 0 Å². The van der Waals surface area contributed by atoms with Crippen LogP contribution in [-0.4, -0.2) is 9.97 Å². The molecule has 0 atom stereocenters. The minimum absolute atomic E-state index is 0.507. The van der Waals surface area contributed by atoms with E-state index >= 15 is 0 Å². The number of nitrogens with one attached hydrogen (secondary N) is 1. The number of hydrogen-bond acceptors (Lipinski definition) is 1. The van der Waals surface area contributed by atoms with E-state index in [4.69, 9.17) is 0 Å². The second-order valence-electron chi connectivity index (χ2n) is 3.88. The molecule has 1 rings (SSSR count). The van der Waals surface area contributed by atoms with E-state index in [1.165, 1.54) is 16.7 Å². The van der Waals surface area contributed by atoms with E-state index in [0.717, 1.165) is 0 Å². The van der Waals surface area contributed by atoms with E-state index in [1.807, 2.05) is 12.4 Å². The Morgan fingerprint density at radius 3 is 2.57 bits per heavy atom. The Morgan fingerprint density at radius 2 is 1.93 bits per heavy atom. The summed E-state index contributed by atoms with van der Waals surface area (Å²) in [5.74, 6) is 0.507. The molecule has 76 valence electrons. The van der Waals surface area contributed by atoms with Gasteiger partial charge in [-0.1, -0.05) is 19.9 Å². The summed E-state index contributed by atoms with van der Waals surface area (Å²) >= 11 is 0. The smallest absolute Gasteiger partial charge is 0.0918 e. The largest absolute Gasteiger partial charge is 0.352 e. The van der Waals surface area contributed by atoms with Crippen molar-refractivity contribution in [2.75, 3.05) is 0 Å². The topological polar surface area (TPSA) is 28.7 Å². The van der Waals surface area contributed by atoms with Gasteiger partial charge in [0, 0.05) is 12.4 Å². The molecule has 1 aromatic heterocycles. The highest BCUT2D eigenvalue weighted by molar-refractivity contribution is 5.24. The van der Waals surface area contributed by atoms with Crippen molar-refractivity contribution in [1.82, 2.24) is 9.97 Å². The lowest BCUT2D eigenvalue weighted by Gasteiger charge is -2.02. The quantitative estimate of drug-likeness (QED) is 0.723. The van der Waals surface area contributed by atoms with Gasteiger partial charge in [0.25, 0.3) is 0 Å². The van der Waals surface area contributed by atoms with E-state index in [9.17, 15) is 0 Å². The summed E-state index contributed by atoms with van der Waals surface area (Å²) in [5.41, 5.74) is 3.78. The molecule has 0 aliphatic rings. The predicted molar refractivity (Wildman–Crippen MR) is 59.8 cm³/mol. The van der Waals surface area contributed by atoms with E-state index in [-0.39, 0.29) is 0 Å². The van der Waals surface area contributed by atoms with Gasteiger partial charge < -0.3 is 4.98 Å². The number of rotatable bonds is 1. The zero-order valence-electron chi connectivity index (χ0n) is 9.33. The molecule has 0 aliphatic carbocycles. The third-order valence-corrected chi connectivity index (χ3v) is 2.34. The summed E-state index contributed by atoms with van der Waals surface area (Å²) < 4.78 is 0. The Labute approximate surface area is 85.7 Å². The molecule has 1 N–H and O–H groups in total. The maximum absolute atomic E-state index is 4.18. The molecule has 2 heteroatoms. The number of aromatic amines is 1. The van der Waals surface area contributed by atoms with Gasteiger partial charge in [0.2, 0.25) is 0 Å². The second kappa shape index (κ2) is 4.80. The van der Waals surface area contributed by atoms with Crippen molar-refractivity contribution in [3.8, 4) is 0 Å². The third-order valence-electron chi connectivity index (χ3n) is 2.34. The Balaban J connectivity index is 3.37. The predicted octanol–water partition coefficient (Wildman–Crippen LogP) is 3.27. The average Bonchev–Trinajstić information content (AvgIpc) is 2.20. The van der Waals surface area contributed by atoms with Crippen LogP contribution in [-0.2, 0) is 0 Å². The summed E-state index contributed by atoms with van der Waals surface area (Å²) in [4.78, 5) is 7.20. The van der Waals surface area contributed by atoms with Gasteiger partial charge >= 0.3 is 0 Å². The van der Waals surface area contributed by atoms with Crippen LogP contribution in [0.1, 0.15) is 36.5 Å². The zero-order valence-corrected chi connectivity index (χ0v) is 9.33. The molecule has 0 saturated carbocycles. The van der Waals surface area contributed by atoms with Crippen LogP contribution in [0.25, 0.3) is 0 Å².